The minimum Gasteiger partial charge on any atom is -0.331 e. The molecule has 1 unspecified atom stereocenters. The van der Waals surface area contributed by atoms with E-state index in [9.17, 15) is 4.79 Å². The van der Waals surface area contributed by atoms with Crippen LogP contribution in [0.5, 0.6) is 0 Å². The molecular weight excluding hydrogens is 324 g/mol. The van der Waals surface area contributed by atoms with Crippen molar-refractivity contribution >= 4 is 28.2 Å². The zero-order valence-electron chi connectivity index (χ0n) is 13.6. The van der Waals surface area contributed by atoms with Crippen molar-refractivity contribution in [2.75, 3.05) is 18.4 Å². The Kier molecular flexibility index (Phi) is 5.01. The van der Waals surface area contributed by atoms with Crippen molar-refractivity contribution in [3.05, 3.63) is 23.1 Å². The topological polar surface area (TPSA) is 83.9 Å². The average Bonchev–Trinajstić information content (AvgIpc) is 3.07. The Morgan fingerprint density at radius 2 is 2.33 bits per heavy atom. The van der Waals surface area contributed by atoms with E-state index in [1.807, 2.05) is 13.0 Å². The summed E-state index contributed by atoms with van der Waals surface area (Å²) in [6.45, 7) is 4.94. The third-order valence-electron chi connectivity index (χ3n) is 3.81. The average molecular weight is 342 g/mol. The Bertz CT molecular complexity index is 780. The van der Waals surface area contributed by atoms with Crippen molar-refractivity contribution in [2.45, 2.75) is 32.6 Å². The molecule has 8 heteroatoms. The van der Waals surface area contributed by atoms with Gasteiger partial charge in [0.15, 0.2) is 0 Å². The highest BCUT2D eigenvalue weighted by molar-refractivity contribution is 7.13. The molecule has 1 aliphatic heterocycles. The fourth-order valence-corrected chi connectivity index (χ4v) is 3.24. The highest BCUT2D eigenvalue weighted by Gasteiger charge is 2.25. The minimum atomic E-state index is -0.111. The molecule has 24 heavy (non-hydrogen) atoms. The van der Waals surface area contributed by atoms with Gasteiger partial charge in [-0.25, -0.2) is 9.97 Å². The maximum Gasteiger partial charge on any atom is 0.298 e. The fraction of sp³-hybridized carbons (Fsp3) is 0.438. The van der Waals surface area contributed by atoms with Gasteiger partial charge in [0.2, 0.25) is 5.13 Å². The van der Waals surface area contributed by atoms with Crippen molar-refractivity contribution < 1.29 is 4.79 Å². The van der Waals surface area contributed by atoms with Gasteiger partial charge < -0.3 is 10.2 Å². The van der Waals surface area contributed by atoms with E-state index >= 15 is 0 Å². The molecule has 0 bridgehead atoms. The molecule has 124 valence electrons. The van der Waals surface area contributed by atoms with Crippen molar-refractivity contribution in [3.8, 4) is 11.8 Å². The molecule has 0 radical (unpaired) electrons. The Morgan fingerprint density at radius 3 is 3.08 bits per heavy atom. The lowest BCUT2D eigenvalue weighted by Gasteiger charge is -2.31. The summed E-state index contributed by atoms with van der Waals surface area (Å²) in [5, 5.41) is 11.6. The molecular formula is C16H18N6OS. The number of piperidine rings is 1. The lowest BCUT2D eigenvalue weighted by Crippen LogP contribution is -2.38. The number of nitrogens with zero attached hydrogens (tertiary/aromatic N) is 5. The zero-order chi connectivity index (χ0) is 16.9. The zero-order valence-corrected chi connectivity index (χ0v) is 14.4. The lowest BCUT2D eigenvalue weighted by molar-refractivity contribution is -0.126. The number of aryl methyl sites for hydroxylation is 1. The van der Waals surface area contributed by atoms with Crippen molar-refractivity contribution in [2.24, 2.45) is 0 Å². The summed E-state index contributed by atoms with van der Waals surface area (Å²) in [5.41, 5.74) is 2.60. The summed E-state index contributed by atoms with van der Waals surface area (Å²) < 4.78 is 0. The fourth-order valence-electron chi connectivity index (χ4n) is 2.79. The molecule has 3 heterocycles. The Hall–Kier alpha value is -2.53. The second kappa shape index (κ2) is 7.36. The van der Waals surface area contributed by atoms with Crippen molar-refractivity contribution in [1.29, 1.82) is 0 Å². The third kappa shape index (κ3) is 3.86. The molecule has 2 aromatic heterocycles. The normalized spacial score (nSPS) is 17.1. The molecule has 0 aromatic carbocycles. The molecule has 0 spiro atoms. The van der Waals surface area contributed by atoms with Gasteiger partial charge in [-0.15, -0.1) is 10.2 Å². The number of anilines is 2. The van der Waals surface area contributed by atoms with Gasteiger partial charge in [-0.3, -0.25) is 4.79 Å². The van der Waals surface area contributed by atoms with Crippen LogP contribution in [-0.2, 0) is 4.79 Å². The largest absolute Gasteiger partial charge is 0.331 e. The van der Waals surface area contributed by atoms with Gasteiger partial charge in [0, 0.05) is 25.1 Å². The van der Waals surface area contributed by atoms with E-state index in [2.05, 4.69) is 37.3 Å². The summed E-state index contributed by atoms with van der Waals surface area (Å²) >= 11 is 1.41. The summed E-state index contributed by atoms with van der Waals surface area (Å²) in [4.78, 5) is 22.8. The summed E-state index contributed by atoms with van der Waals surface area (Å²) in [5.74, 6) is 6.76. The molecule has 1 N–H and O–H groups in total. The van der Waals surface area contributed by atoms with Crippen LogP contribution in [0.15, 0.2) is 11.6 Å². The highest BCUT2D eigenvalue weighted by atomic mass is 32.1. The molecule has 2 aromatic rings. The van der Waals surface area contributed by atoms with Gasteiger partial charge >= 0.3 is 0 Å². The molecule has 1 fully saturated rings. The van der Waals surface area contributed by atoms with Crippen LogP contribution >= 0.6 is 11.3 Å². The van der Waals surface area contributed by atoms with E-state index in [1.54, 1.807) is 17.3 Å². The predicted octanol–water partition coefficient (Wildman–Crippen LogP) is 2.11. The van der Waals surface area contributed by atoms with Crippen LogP contribution < -0.4 is 5.32 Å². The Morgan fingerprint density at radius 1 is 1.46 bits per heavy atom. The van der Waals surface area contributed by atoms with Crippen LogP contribution in [0.2, 0.25) is 0 Å². The van der Waals surface area contributed by atoms with Crippen LogP contribution in [0.25, 0.3) is 0 Å². The molecule has 3 rings (SSSR count). The molecule has 1 saturated heterocycles. The molecule has 1 atom stereocenters. The molecule has 7 nitrogen and oxygen atoms in total. The number of amides is 1. The first-order chi connectivity index (χ1) is 11.7. The van der Waals surface area contributed by atoms with E-state index in [4.69, 9.17) is 0 Å². The van der Waals surface area contributed by atoms with E-state index in [0.717, 1.165) is 25.1 Å². The Labute approximate surface area is 144 Å². The monoisotopic (exact) mass is 342 g/mol. The third-order valence-corrected chi connectivity index (χ3v) is 4.42. The van der Waals surface area contributed by atoms with E-state index < -0.39 is 0 Å². The van der Waals surface area contributed by atoms with Gasteiger partial charge in [-0.05, 0) is 32.6 Å². The SMILES string of the molecule is CC#CC(=O)N1CCCC(c2cc(Nc3nncs3)nc(C)n2)C1. The van der Waals surface area contributed by atoms with E-state index in [-0.39, 0.29) is 11.8 Å². The van der Waals surface area contributed by atoms with Crippen LogP contribution in [0.4, 0.5) is 10.9 Å². The summed E-state index contributed by atoms with van der Waals surface area (Å²) in [7, 11) is 0. The standard InChI is InChI=1S/C16H18N6OS/c1-3-5-15(23)22-7-4-6-12(9-22)13-8-14(19-11(2)18-13)20-16-21-17-10-24-16/h8,10,12H,4,6-7,9H2,1-2H3,(H,18,19,20,21). The molecule has 0 saturated carbocycles. The number of likely N-dealkylation sites (tertiary alicyclic amines) is 1. The predicted molar refractivity (Wildman–Crippen MR) is 92.0 cm³/mol. The smallest absolute Gasteiger partial charge is 0.298 e. The number of rotatable bonds is 3. The maximum atomic E-state index is 12.0. The van der Waals surface area contributed by atoms with Crippen molar-refractivity contribution in [3.63, 3.8) is 0 Å². The highest BCUT2D eigenvalue weighted by Crippen LogP contribution is 2.27. The van der Waals surface area contributed by atoms with Crippen LogP contribution in [0.1, 0.15) is 37.2 Å². The van der Waals surface area contributed by atoms with Crippen LogP contribution in [-0.4, -0.2) is 44.1 Å². The Balaban J connectivity index is 1.79. The van der Waals surface area contributed by atoms with Crippen LogP contribution in [0, 0.1) is 18.8 Å². The first-order valence-electron chi connectivity index (χ1n) is 7.76. The quantitative estimate of drug-likeness (QED) is 0.860. The van der Waals surface area contributed by atoms with Gasteiger partial charge in [-0.1, -0.05) is 17.3 Å². The van der Waals surface area contributed by atoms with Crippen LogP contribution in [0.3, 0.4) is 0 Å². The maximum absolute atomic E-state index is 12.0. The van der Waals surface area contributed by atoms with Crippen molar-refractivity contribution in [1.82, 2.24) is 25.1 Å². The number of aromatic nitrogens is 4. The second-order valence-electron chi connectivity index (χ2n) is 5.56. The van der Waals surface area contributed by atoms with Gasteiger partial charge in [0.25, 0.3) is 5.91 Å². The first-order valence-corrected chi connectivity index (χ1v) is 8.64. The second-order valence-corrected chi connectivity index (χ2v) is 6.39. The number of hydrogen-bond donors (Lipinski definition) is 1. The number of carbonyl (C=O) groups is 1. The van der Waals surface area contributed by atoms with Gasteiger partial charge in [-0.2, -0.15) is 0 Å². The summed E-state index contributed by atoms with van der Waals surface area (Å²) in [6, 6.07) is 1.93. The summed E-state index contributed by atoms with van der Waals surface area (Å²) in [6.07, 6.45) is 1.95. The van der Waals surface area contributed by atoms with E-state index in [0.29, 0.717) is 23.3 Å². The number of nitrogens with one attached hydrogen (secondary N) is 1. The molecule has 1 amide bonds. The molecule has 0 aliphatic carbocycles. The minimum absolute atomic E-state index is 0.111. The van der Waals surface area contributed by atoms with Gasteiger partial charge in [0.05, 0.1) is 5.69 Å². The number of carbonyl (C=O) groups excluding carboxylic acids is 1. The lowest BCUT2D eigenvalue weighted by atomic mass is 9.94. The first kappa shape index (κ1) is 16.3. The van der Waals surface area contributed by atoms with Gasteiger partial charge in [0.1, 0.15) is 17.2 Å². The van der Waals surface area contributed by atoms with E-state index in [1.165, 1.54) is 11.3 Å². The molecule has 1 aliphatic rings. The number of hydrogen-bond acceptors (Lipinski definition) is 7.